The molecule has 0 radical (unpaired) electrons. The van der Waals surface area contributed by atoms with E-state index in [1.807, 2.05) is 30.3 Å². The van der Waals surface area contributed by atoms with Gasteiger partial charge in [-0.2, -0.15) is 0 Å². The number of hydrogen-bond donors (Lipinski definition) is 2. The Morgan fingerprint density at radius 1 is 1.04 bits per heavy atom. The van der Waals surface area contributed by atoms with Crippen LogP contribution < -0.4 is 10.6 Å². The molecule has 8 heteroatoms. The van der Waals surface area contributed by atoms with Crippen LogP contribution in [-0.2, 0) is 11.3 Å². The smallest absolute Gasteiger partial charge is 0.337 e. The van der Waals surface area contributed by atoms with Gasteiger partial charge in [-0.05, 0) is 35.9 Å². The summed E-state index contributed by atoms with van der Waals surface area (Å²) >= 11 is 6.09. The highest BCUT2D eigenvalue weighted by Gasteiger charge is 2.14. The molecule has 2 N–H and O–H groups in total. The Morgan fingerprint density at radius 2 is 1.82 bits per heavy atom. The van der Waals surface area contributed by atoms with Gasteiger partial charge in [0.1, 0.15) is 5.82 Å². The quantitative estimate of drug-likeness (QED) is 0.616. The van der Waals surface area contributed by atoms with Gasteiger partial charge in [0.25, 0.3) is 5.91 Å². The summed E-state index contributed by atoms with van der Waals surface area (Å²) in [5.41, 5.74) is 1.77. The van der Waals surface area contributed by atoms with E-state index in [2.05, 4.69) is 25.6 Å². The van der Waals surface area contributed by atoms with E-state index in [0.717, 1.165) is 5.56 Å². The lowest BCUT2D eigenvalue weighted by atomic mass is 10.2. The molecule has 7 nitrogen and oxygen atoms in total. The van der Waals surface area contributed by atoms with E-state index in [1.165, 1.54) is 25.3 Å². The molecule has 1 amide bonds. The van der Waals surface area contributed by atoms with Gasteiger partial charge >= 0.3 is 5.97 Å². The minimum Gasteiger partial charge on any atom is -0.465 e. The van der Waals surface area contributed by atoms with Gasteiger partial charge in [0.2, 0.25) is 0 Å². The second kappa shape index (κ2) is 8.96. The molecule has 0 aliphatic heterocycles. The zero-order chi connectivity index (χ0) is 19.9. The summed E-state index contributed by atoms with van der Waals surface area (Å²) in [5.74, 6) is -0.474. The van der Waals surface area contributed by atoms with Crippen LogP contribution in [0.2, 0.25) is 5.02 Å². The molecule has 0 atom stereocenters. The van der Waals surface area contributed by atoms with Gasteiger partial charge in [-0.1, -0.05) is 41.9 Å². The Balaban J connectivity index is 1.65. The topological polar surface area (TPSA) is 93.2 Å². The average Bonchev–Trinajstić information content (AvgIpc) is 2.74. The zero-order valence-electron chi connectivity index (χ0n) is 15.0. The van der Waals surface area contributed by atoms with Gasteiger partial charge in [-0.15, -0.1) is 10.2 Å². The van der Waals surface area contributed by atoms with E-state index in [1.54, 1.807) is 12.1 Å². The van der Waals surface area contributed by atoms with E-state index in [0.29, 0.717) is 12.4 Å². The van der Waals surface area contributed by atoms with Crippen LogP contribution in [0.1, 0.15) is 26.4 Å². The Hall–Kier alpha value is -3.45. The third-order valence-corrected chi connectivity index (χ3v) is 4.18. The number of halogens is 1. The number of amides is 1. The van der Waals surface area contributed by atoms with Gasteiger partial charge < -0.3 is 15.4 Å². The van der Waals surface area contributed by atoms with Crippen molar-refractivity contribution in [1.82, 2.24) is 10.2 Å². The van der Waals surface area contributed by atoms with E-state index in [-0.39, 0.29) is 22.0 Å². The maximum absolute atomic E-state index is 12.4. The number of methoxy groups -OCH3 is 1. The number of ether oxygens (including phenoxy) is 1. The van der Waals surface area contributed by atoms with Crippen LogP contribution in [0.15, 0.2) is 60.7 Å². The molecule has 0 aliphatic rings. The fraction of sp³-hybridized carbons (Fsp3) is 0.100. The first-order chi connectivity index (χ1) is 13.6. The molecular formula is C20H17ClN4O3. The summed E-state index contributed by atoms with van der Waals surface area (Å²) in [6, 6.07) is 17.5. The first-order valence-corrected chi connectivity index (χ1v) is 8.75. The average molecular weight is 397 g/mol. The van der Waals surface area contributed by atoms with E-state index in [9.17, 15) is 9.59 Å². The highest BCUT2D eigenvalue weighted by atomic mass is 35.5. The van der Waals surface area contributed by atoms with E-state index < -0.39 is 11.9 Å². The van der Waals surface area contributed by atoms with Crippen LogP contribution in [0, 0.1) is 0 Å². The van der Waals surface area contributed by atoms with Crippen molar-refractivity contribution in [3.63, 3.8) is 0 Å². The maximum atomic E-state index is 12.4. The minimum absolute atomic E-state index is 0.116. The first-order valence-electron chi connectivity index (χ1n) is 8.37. The molecule has 1 aromatic heterocycles. The number of benzene rings is 2. The summed E-state index contributed by atoms with van der Waals surface area (Å²) in [4.78, 5) is 24.0. The summed E-state index contributed by atoms with van der Waals surface area (Å²) in [6.45, 7) is 0.594. The van der Waals surface area contributed by atoms with Crippen molar-refractivity contribution in [2.45, 2.75) is 6.54 Å². The summed E-state index contributed by atoms with van der Waals surface area (Å²) in [6.07, 6.45) is 0. The fourth-order valence-electron chi connectivity index (χ4n) is 2.39. The lowest BCUT2D eigenvalue weighted by Crippen LogP contribution is -2.15. The zero-order valence-corrected chi connectivity index (χ0v) is 15.7. The minimum atomic E-state index is -0.527. The second-order valence-corrected chi connectivity index (χ2v) is 6.19. The van der Waals surface area contributed by atoms with Crippen LogP contribution in [-0.4, -0.2) is 29.2 Å². The predicted molar refractivity (Wildman–Crippen MR) is 107 cm³/mol. The van der Waals surface area contributed by atoms with Gasteiger partial charge in [0.15, 0.2) is 5.69 Å². The molecule has 0 bridgehead atoms. The highest BCUT2D eigenvalue weighted by Crippen LogP contribution is 2.24. The number of rotatable bonds is 6. The largest absolute Gasteiger partial charge is 0.465 e. The Labute approximate surface area is 166 Å². The standard InChI is InChI=1S/C20H17ClN4O3/c1-28-20(27)14-7-8-15(21)17(11-14)23-19(26)16-9-10-18(25-24-16)22-12-13-5-3-2-4-6-13/h2-11H,12H2,1H3,(H,22,25)(H,23,26). The lowest BCUT2D eigenvalue weighted by molar-refractivity contribution is 0.0600. The summed E-state index contributed by atoms with van der Waals surface area (Å²) < 4.78 is 4.66. The molecule has 0 fully saturated rings. The molecule has 0 saturated carbocycles. The molecule has 0 aliphatic carbocycles. The highest BCUT2D eigenvalue weighted by molar-refractivity contribution is 6.34. The van der Waals surface area contributed by atoms with Gasteiger partial charge in [-0.25, -0.2) is 4.79 Å². The Bertz CT molecular complexity index is 979. The van der Waals surface area contributed by atoms with Crippen molar-refractivity contribution in [3.8, 4) is 0 Å². The number of hydrogen-bond acceptors (Lipinski definition) is 6. The van der Waals surface area contributed by atoms with E-state index >= 15 is 0 Å². The number of anilines is 2. The maximum Gasteiger partial charge on any atom is 0.337 e. The number of esters is 1. The molecule has 0 unspecified atom stereocenters. The van der Waals surface area contributed by atoms with E-state index in [4.69, 9.17) is 11.6 Å². The number of nitrogens with one attached hydrogen (secondary N) is 2. The number of carbonyl (C=O) groups excluding carboxylic acids is 2. The second-order valence-electron chi connectivity index (χ2n) is 5.78. The van der Waals surface area contributed by atoms with Crippen molar-refractivity contribution in [3.05, 3.63) is 82.5 Å². The molecule has 2 aromatic carbocycles. The van der Waals surface area contributed by atoms with Crippen molar-refractivity contribution in [1.29, 1.82) is 0 Å². The van der Waals surface area contributed by atoms with Gasteiger partial charge in [-0.3, -0.25) is 4.79 Å². The summed E-state index contributed by atoms with van der Waals surface area (Å²) in [5, 5.41) is 14.0. The molecule has 28 heavy (non-hydrogen) atoms. The molecule has 142 valence electrons. The molecule has 0 saturated heterocycles. The normalized spacial score (nSPS) is 10.2. The van der Waals surface area contributed by atoms with Crippen molar-refractivity contribution in [2.24, 2.45) is 0 Å². The van der Waals surface area contributed by atoms with Crippen molar-refractivity contribution in [2.75, 3.05) is 17.7 Å². The van der Waals surface area contributed by atoms with Crippen LogP contribution in [0.25, 0.3) is 0 Å². The number of carbonyl (C=O) groups is 2. The fourth-order valence-corrected chi connectivity index (χ4v) is 2.55. The molecule has 1 heterocycles. The van der Waals surface area contributed by atoms with Crippen LogP contribution in [0.3, 0.4) is 0 Å². The molecule has 0 spiro atoms. The molecular weight excluding hydrogens is 380 g/mol. The van der Waals surface area contributed by atoms with Gasteiger partial charge in [0.05, 0.1) is 23.4 Å². The van der Waals surface area contributed by atoms with Crippen LogP contribution in [0.4, 0.5) is 11.5 Å². The monoisotopic (exact) mass is 396 g/mol. The number of nitrogens with zero attached hydrogens (tertiary/aromatic N) is 2. The third kappa shape index (κ3) is 4.83. The van der Waals surface area contributed by atoms with Crippen LogP contribution >= 0.6 is 11.6 Å². The van der Waals surface area contributed by atoms with Crippen molar-refractivity contribution < 1.29 is 14.3 Å². The number of aromatic nitrogens is 2. The predicted octanol–water partition coefficient (Wildman–Crippen LogP) is 3.78. The Morgan fingerprint density at radius 3 is 2.50 bits per heavy atom. The lowest BCUT2D eigenvalue weighted by Gasteiger charge is -2.09. The molecule has 3 aromatic rings. The molecule has 3 rings (SSSR count). The first kappa shape index (κ1) is 19.3. The van der Waals surface area contributed by atoms with Crippen molar-refractivity contribution >= 4 is 35.0 Å². The van der Waals surface area contributed by atoms with Crippen LogP contribution in [0.5, 0.6) is 0 Å². The summed E-state index contributed by atoms with van der Waals surface area (Å²) in [7, 11) is 1.28. The SMILES string of the molecule is COC(=O)c1ccc(Cl)c(NC(=O)c2ccc(NCc3ccccc3)nn2)c1. The third-order valence-electron chi connectivity index (χ3n) is 3.85. The van der Waals surface area contributed by atoms with Gasteiger partial charge in [0, 0.05) is 6.54 Å². The Kier molecular flexibility index (Phi) is 6.18.